The van der Waals surface area contributed by atoms with Crippen LogP contribution in [0.15, 0.2) is 91.3 Å². The van der Waals surface area contributed by atoms with Crippen molar-refractivity contribution in [3.05, 3.63) is 114 Å². The van der Waals surface area contributed by atoms with Crippen LogP contribution in [0, 0.1) is 6.92 Å². The van der Waals surface area contributed by atoms with Crippen molar-refractivity contribution in [2.75, 3.05) is 7.11 Å². The number of hydrogen-bond acceptors (Lipinski definition) is 5. The standard InChI is InChI=1S/C30H22N4O2/c1-18-7-9-21(10-8-18)28-32-29-26-25(20-11-14-22(35-2)15-12-20)24-16-13-19-5-3-4-6-23(19)27(24)36-30(26)31-17-34(29)33-28/h3-17,25H,1-2H3/t25-/m0/s1. The first-order valence-electron chi connectivity index (χ1n) is 11.9. The molecule has 0 radical (unpaired) electrons. The van der Waals surface area contributed by atoms with E-state index in [1.54, 1.807) is 18.0 Å². The summed E-state index contributed by atoms with van der Waals surface area (Å²) in [6, 6.07) is 28.9. The Labute approximate surface area is 207 Å². The molecule has 0 aliphatic carbocycles. The van der Waals surface area contributed by atoms with Crippen LogP contribution in [-0.2, 0) is 0 Å². The number of aryl methyl sites for hydroxylation is 1. The molecule has 1 aliphatic heterocycles. The highest BCUT2D eigenvalue weighted by molar-refractivity contribution is 5.91. The Bertz CT molecular complexity index is 1760. The quantitative estimate of drug-likeness (QED) is 0.293. The van der Waals surface area contributed by atoms with Crippen molar-refractivity contribution in [2.24, 2.45) is 0 Å². The summed E-state index contributed by atoms with van der Waals surface area (Å²) in [6.45, 7) is 2.07. The van der Waals surface area contributed by atoms with Crippen LogP contribution in [0.4, 0.5) is 0 Å². The lowest BCUT2D eigenvalue weighted by Gasteiger charge is -2.28. The fourth-order valence-electron chi connectivity index (χ4n) is 5.01. The Morgan fingerprint density at radius 3 is 2.50 bits per heavy atom. The average molecular weight is 471 g/mol. The van der Waals surface area contributed by atoms with Gasteiger partial charge in [0.15, 0.2) is 11.5 Å². The lowest BCUT2D eigenvalue weighted by atomic mass is 9.83. The first-order chi connectivity index (χ1) is 17.7. The van der Waals surface area contributed by atoms with Gasteiger partial charge < -0.3 is 9.47 Å². The van der Waals surface area contributed by atoms with Crippen molar-refractivity contribution in [1.29, 1.82) is 0 Å². The van der Waals surface area contributed by atoms with Crippen LogP contribution in [0.2, 0.25) is 0 Å². The second-order valence-corrected chi connectivity index (χ2v) is 9.05. The van der Waals surface area contributed by atoms with Gasteiger partial charge in [-0.15, -0.1) is 5.10 Å². The predicted octanol–water partition coefficient (Wildman–Crippen LogP) is 6.55. The zero-order valence-electron chi connectivity index (χ0n) is 19.8. The second-order valence-electron chi connectivity index (χ2n) is 9.05. The molecular formula is C30H22N4O2. The van der Waals surface area contributed by atoms with Crippen LogP contribution < -0.4 is 9.47 Å². The number of ether oxygens (including phenoxy) is 2. The Hall–Kier alpha value is -4.71. The van der Waals surface area contributed by atoms with Crippen molar-refractivity contribution in [1.82, 2.24) is 19.6 Å². The number of hydrogen-bond donors (Lipinski definition) is 0. The molecule has 6 heteroatoms. The number of fused-ring (bicyclic) bond motifs is 6. The van der Waals surface area contributed by atoms with E-state index in [-0.39, 0.29) is 5.92 Å². The number of aromatic nitrogens is 4. The van der Waals surface area contributed by atoms with Gasteiger partial charge in [0.2, 0.25) is 5.88 Å². The first kappa shape index (κ1) is 20.6. The van der Waals surface area contributed by atoms with Gasteiger partial charge in [-0.25, -0.2) is 14.5 Å². The summed E-state index contributed by atoms with van der Waals surface area (Å²) < 4.78 is 13.7. The number of nitrogens with zero attached hydrogens (tertiary/aromatic N) is 4. The van der Waals surface area contributed by atoms with E-state index >= 15 is 0 Å². The molecular weight excluding hydrogens is 448 g/mol. The molecule has 1 aliphatic rings. The van der Waals surface area contributed by atoms with E-state index < -0.39 is 0 Å². The highest BCUT2D eigenvalue weighted by Gasteiger charge is 2.34. The molecule has 0 spiro atoms. The van der Waals surface area contributed by atoms with Crippen LogP contribution in [0.3, 0.4) is 0 Å². The Morgan fingerprint density at radius 1 is 0.889 bits per heavy atom. The maximum absolute atomic E-state index is 6.51. The molecule has 0 saturated carbocycles. The number of rotatable bonds is 3. The van der Waals surface area contributed by atoms with E-state index in [0.717, 1.165) is 50.2 Å². The van der Waals surface area contributed by atoms with Crippen molar-refractivity contribution in [3.63, 3.8) is 0 Å². The summed E-state index contributed by atoms with van der Waals surface area (Å²) >= 11 is 0. The lowest BCUT2D eigenvalue weighted by Crippen LogP contribution is -2.15. The SMILES string of the molecule is COc1ccc([C@H]2c3ccc4ccccc4c3Oc3ncn4nc(-c5ccc(C)cc5)nc4c32)cc1. The Balaban J connectivity index is 1.49. The zero-order chi connectivity index (χ0) is 24.2. The molecule has 0 saturated heterocycles. The predicted molar refractivity (Wildman–Crippen MR) is 139 cm³/mol. The van der Waals surface area contributed by atoms with E-state index in [4.69, 9.17) is 24.5 Å². The van der Waals surface area contributed by atoms with Gasteiger partial charge in [-0.2, -0.15) is 0 Å². The molecule has 6 aromatic rings. The third-order valence-corrected chi connectivity index (χ3v) is 6.85. The summed E-state index contributed by atoms with van der Waals surface area (Å²) in [7, 11) is 1.68. The molecule has 7 rings (SSSR count). The van der Waals surface area contributed by atoms with E-state index in [1.165, 1.54) is 5.56 Å². The van der Waals surface area contributed by atoms with Gasteiger partial charge in [0.1, 0.15) is 17.8 Å². The average Bonchev–Trinajstić information content (AvgIpc) is 3.37. The molecule has 1 atom stereocenters. The molecule has 0 fully saturated rings. The molecule has 4 aromatic carbocycles. The minimum atomic E-state index is -0.134. The first-order valence-corrected chi connectivity index (χ1v) is 11.9. The fraction of sp³-hybridized carbons (Fsp3) is 0.100. The maximum Gasteiger partial charge on any atom is 0.228 e. The fourth-order valence-corrected chi connectivity index (χ4v) is 5.01. The minimum absolute atomic E-state index is 0.134. The molecule has 0 N–H and O–H groups in total. The van der Waals surface area contributed by atoms with Gasteiger partial charge >= 0.3 is 0 Å². The highest BCUT2D eigenvalue weighted by Crippen LogP contribution is 2.50. The van der Waals surface area contributed by atoms with Crippen LogP contribution in [0.1, 0.15) is 28.2 Å². The van der Waals surface area contributed by atoms with Gasteiger partial charge in [0.05, 0.1) is 12.7 Å². The van der Waals surface area contributed by atoms with Gasteiger partial charge in [-0.1, -0.05) is 78.4 Å². The Morgan fingerprint density at radius 2 is 1.69 bits per heavy atom. The lowest BCUT2D eigenvalue weighted by molar-refractivity contribution is 0.414. The maximum atomic E-state index is 6.51. The number of methoxy groups -OCH3 is 1. The normalized spacial score (nSPS) is 14.3. The zero-order valence-corrected chi connectivity index (χ0v) is 19.8. The topological polar surface area (TPSA) is 61.5 Å². The van der Waals surface area contributed by atoms with Gasteiger partial charge in [0.25, 0.3) is 0 Å². The van der Waals surface area contributed by atoms with Crippen molar-refractivity contribution in [2.45, 2.75) is 12.8 Å². The molecule has 2 aromatic heterocycles. The highest BCUT2D eigenvalue weighted by atomic mass is 16.5. The van der Waals surface area contributed by atoms with Crippen LogP contribution in [-0.4, -0.2) is 26.7 Å². The minimum Gasteiger partial charge on any atom is -0.497 e. The van der Waals surface area contributed by atoms with Crippen molar-refractivity contribution >= 4 is 16.4 Å². The summed E-state index contributed by atoms with van der Waals surface area (Å²) in [5.41, 5.74) is 5.96. The molecule has 0 unspecified atom stereocenters. The summed E-state index contributed by atoms with van der Waals surface area (Å²) in [5, 5.41) is 6.93. The molecule has 174 valence electrons. The van der Waals surface area contributed by atoms with Crippen molar-refractivity contribution < 1.29 is 9.47 Å². The van der Waals surface area contributed by atoms with Crippen LogP contribution >= 0.6 is 0 Å². The van der Waals surface area contributed by atoms with Crippen molar-refractivity contribution in [3.8, 4) is 28.8 Å². The van der Waals surface area contributed by atoms with E-state index in [0.29, 0.717) is 11.7 Å². The molecule has 0 bridgehead atoms. The third kappa shape index (κ3) is 3.15. The Kier molecular flexibility index (Phi) is 4.54. The van der Waals surface area contributed by atoms with E-state index in [2.05, 4.69) is 55.5 Å². The summed E-state index contributed by atoms with van der Waals surface area (Å²) in [4.78, 5) is 9.68. The van der Waals surface area contributed by atoms with Crippen LogP contribution in [0.25, 0.3) is 27.8 Å². The molecule has 36 heavy (non-hydrogen) atoms. The largest absolute Gasteiger partial charge is 0.497 e. The van der Waals surface area contributed by atoms with Gasteiger partial charge in [-0.05, 0) is 30.0 Å². The van der Waals surface area contributed by atoms with Crippen LogP contribution in [0.5, 0.6) is 17.4 Å². The second kappa shape index (κ2) is 7.92. The van der Waals surface area contributed by atoms with Gasteiger partial charge in [-0.3, -0.25) is 0 Å². The van der Waals surface area contributed by atoms with Gasteiger partial charge in [0, 0.05) is 22.4 Å². The monoisotopic (exact) mass is 470 g/mol. The smallest absolute Gasteiger partial charge is 0.228 e. The number of benzene rings is 4. The molecule has 3 heterocycles. The molecule has 6 nitrogen and oxygen atoms in total. The third-order valence-electron chi connectivity index (χ3n) is 6.85. The summed E-state index contributed by atoms with van der Waals surface area (Å²) in [5.74, 6) is 2.71. The van der Waals surface area contributed by atoms with E-state index in [9.17, 15) is 0 Å². The molecule has 0 amide bonds. The summed E-state index contributed by atoms with van der Waals surface area (Å²) in [6.07, 6.45) is 1.68. The van der Waals surface area contributed by atoms with E-state index in [1.807, 2.05) is 36.4 Å².